The van der Waals surface area contributed by atoms with Crippen LogP contribution in [-0.2, 0) is 9.53 Å². The topological polar surface area (TPSA) is 178 Å². The summed E-state index contributed by atoms with van der Waals surface area (Å²) in [7, 11) is 0. The first-order valence-corrected chi connectivity index (χ1v) is 13.8. The molecule has 42 heavy (non-hydrogen) atoms. The number of hydrogen-bond donors (Lipinski definition) is 4. The van der Waals surface area contributed by atoms with Gasteiger partial charge >= 0.3 is 6.09 Å². The molecule has 4 heterocycles. The van der Waals surface area contributed by atoms with Crippen LogP contribution in [-0.4, -0.2) is 84.1 Å². The molecule has 1 aromatic carbocycles. The second kappa shape index (κ2) is 11.5. The molecule has 6 rings (SSSR count). The highest BCUT2D eigenvalue weighted by Gasteiger charge is 2.48. The van der Waals surface area contributed by atoms with Gasteiger partial charge in [-0.25, -0.2) is 24.1 Å². The molecular formula is C28H30FN7O6. The molecule has 2 aliphatic heterocycles. The number of carbonyl (C=O) groups excluding carboxylic acids is 2. The summed E-state index contributed by atoms with van der Waals surface area (Å²) in [6.45, 7) is 1.02. The van der Waals surface area contributed by atoms with E-state index in [0.717, 1.165) is 25.7 Å². The summed E-state index contributed by atoms with van der Waals surface area (Å²) < 4.78 is 25.6. The number of fused-ring (bicyclic) bond motifs is 1. The fourth-order valence-electron chi connectivity index (χ4n) is 5.06. The van der Waals surface area contributed by atoms with E-state index in [-0.39, 0.29) is 40.5 Å². The Morgan fingerprint density at radius 2 is 1.86 bits per heavy atom. The molecule has 4 atom stereocenters. The highest BCUT2D eigenvalue weighted by atomic mass is 19.1. The Morgan fingerprint density at radius 1 is 1.12 bits per heavy atom. The first-order valence-electron chi connectivity index (χ1n) is 13.8. The number of nitrogens with one attached hydrogen (secondary N) is 1. The molecule has 3 fully saturated rings. The summed E-state index contributed by atoms with van der Waals surface area (Å²) in [5.41, 5.74) is 6.63. The van der Waals surface area contributed by atoms with Gasteiger partial charge in [0.05, 0.1) is 6.33 Å². The number of carbonyl (C=O) groups is 2. The molecule has 14 heteroatoms. The number of hydrogen-bond acceptors (Lipinski definition) is 10. The fourth-order valence-corrected chi connectivity index (χ4v) is 5.06. The number of ether oxygens (including phenoxy) is 2. The molecular weight excluding hydrogens is 549 g/mol. The van der Waals surface area contributed by atoms with Gasteiger partial charge in [0, 0.05) is 25.6 Å². The Labute approximate surface area is 239 Å². The normalized spacial score (nSPS) is 24.3. The lowest BCUT2D eigenvalue weighted by molar-refractivity contribution is -0.137. The van der Waals surface area contributed by atoms with E-state index in [1.807, 2.05) is 0 Å². The highest BCUT2D eigenvalue weighted by Crippen LogP contribution is 2.33. The SMILES string of the molecule is Nc1nc(C#CCC2CCN(C(=O)Oc3ccc(F)cc3)CC2)nc2c1ncn2[C@@H]1O[C@H](C(=O)NC2CC2)[C@H](O)C1O. The fraction of sp³-hybridized carbons (Fsp3) is 0.464. The summed E-state index contributed by atoms with van der Waals surface area (Å²) in [5.74, 6) is 5.92. The molecule has 2 saturated heterocycles. The van der Waals surface area contributed by atoms with Crippen LogP contribution in [0.5, 0.6) is 5.75 Å². The molecule has 220 valence electrons. The van der Waals surface area contributed by atoms with Gasteiger partial charge in [0.25, 0.3) is 5.91 Å². The van der Waals surface area contributed by atoms with Gasteiger partial charge < -0.3 is 35.6 Å². The predicted molar refractivity (Wildman–Crippen MR) is 145 cm³/mol. The van der Waals surface area contributed by atoms with Crippen molar-refractivity contribution in [1.29, 1.82) is 0 Å². The Morgan fingerprint density at radius 3 is 2.57 bits per heavy atom. The summed E-state index contributed by atoms with van der Waals surface area (Å²) in [4.78, 5) is 39.4. The number of nitrogens with two attached hydrogens (primary N) is 1. The number of rotatable bonds is 5. The molecule has 0 radical (unpaired) electrons. The number of aliphatic hydroxyl groups is 2. The lowest BCUT2D eigenvalue weighted by Crippen LogP contribution is -2.43. The van der Waals surface area contributed by atoms with E-state index >= 15 is 0 Å². The third-order valence-electron chi connectivity index (χ3n) is 7.63. The molecule has 2 amide bonds. The van der Waals surface area contributed by atoms with E-state index in [4.69, 9.17) is 15.2 Å². The summed E-state index contributed by atoms with van der Waals surface area (Å²) in [5, 5.41) is 23.9. The van der Waals surface area contributed by atoms with Crippen LogP contribution < -0.4 is 15.8 Å². The average Bonchev–Trinajstić information content (AvgIpc) is 3.61. The van der Waals surface area contributed by atoms with E-state index in [0.29, 0.717) is 19.5 Å². The van der Waals surface area contributed by atoms with Crippen LogP contribution in [0.3, 0.4) is 0 Å². The summed E-state index contributed by atoms with van der Waals surface area (Å²) in [6.07, 6.45) is -0.528. The average molecular weight is 580 g/mol. The second-order valence-corrected chi connectivity index (χ2v) is 10.7. The van der Waals surface area contributed by atoms with Crippen molar-refractivity contribution < 1.29 is 33.7 Å². The molecule has 1 aliphatic carbocycles. The van der Waals surface area contributed by atoms with Crippen molar-refractivity contribution in [3.8, 4) is 17.6 Å². The van der Waals surface area contributed by atoms with Gasteiger partial charge in [0.1, 0.15) is 29.3 Å². The Bertz CT molecular complexity index is 1540. The first kappa shape index (κ1) is 27.8. The number of amides is 2. The van der Waals surface area contributed by atoms with E-state index in [9.17, 15) is 24.2 Å². The number of halogens is 1. The predicted octanol–water partition coefficient (Wildman–Crippen LogP) is 1.10. The zero-order valence-electron chi connectivity index (χ0n) is 22.5. The van der Waals surface area contributed by atoms with Crippen LogP contribution in [0.15, 0.2) is 30.6 Å². The quantitative estimate of drug-likeness (QED) is 0.320. The van der Waals surface area contributed by atoms with Crippen LogP contribution in [0.4, 0.5) is 15.0 Å². The van der Waals surface area contributed by atoms with Gasteiger partial charge in [-0.15, -0.1) is 0 Å². The minimum absolute atomic E-state index is 0.0733. The van der Waals surface area contributed by atoms with E-state index in [2.05, 4.69) is 32.1 Å². The van der Waals surface area contributed by atoms with Crippen molar-refractivity contribution in [3.05, 3.63) is 42.2 Å². The van der Waals surface area contributed by atoms with Gasteiger partial charge in [-0.05, 0) is 61.8 Å². The van der Waals surface area contributed by atoms with Crippen molar-refractivity contribution in [3.63, 3.8) is 0 Å². The molecule has 3 aromatic rings. The smallest absolute Gasteiger partial charge is 0.410 e. The van der Waals surface area contributed by atoms with E-state index in [1.165, 1.54) is 35.2 Å². The summed E-state index contributed by atoms with van der Waals surface area (Å²) >= 11 is 0. The van der Waals surface area contributed by atoms with Crippen LogP contribution in [0.25, 0.3) is 11.2 Å². The summed E-state index contributed by atoms with van der Waals surface area (Å²) in [6, 6.07) is 5.36. The van der Waals surface area contributed by atoms with E-state index < -0.39 is 42.4 Å². The molecule has 3 aliphatic rings. The van der Waals surface area contributed by atoms with Crippen molar-refractivity contribution in [2.75, 3.05) is 18.8 Å². The van der Waals surface area contributed by atoms with Crippen molar-refractivity contribution in [2.45, 2.75) is 62.7 Å². The number of piperidine rings is 1. The van der Waals surface area contributed by atoms with Crippen LogP contribution >= 0.6 is 0 Å². The van der Waals surface area contributed by atoms with Gasteiger partial charge in [-0.3, -0.25) is 9.36 Å². The van der Waals surface area contributed by atoms with E-state index in [1.54, 1.807) is 4.90 Å². The number of aromatic nitrogens is 4. The van der Waals surface area contributed by atoms with Crippen molar-refractivity contribution in [2.24, 2.45) is 5.92 Å². The van der Waals surface area contributed by atoms with Crippen LogP contribution in [0.1, 0.15) is 44.2 Å². The van der Waals surface area contributed by atoms with Gasteiger partial charge in [0.2, 0.25) is 5.82 Å². The maximum atomic E-state index is 13.1. The third kappa shape index (κ3) is 5.85. The Balaban J connectivity index is 1.08. The van der Waals surface area contributed by atoms with Crippen molar-refractivity contribution in [1.82, 2.24) is 29.7 Å². The zero-order valence-corrected chi connectivity index (χ0v) is 22.5. The zero-order chi connectivity index (χ0) is 29.4. The van der Waals surface area contributed by atoms with Crippen LogP contribution in [0.2, 0.25) is 0 Å². The Hall–Kier alpha value is -4.32. The number of nitrogens with zero attached hydrogens (tertiary/aromatic N) is 5. The van der Waals surface area contributed by atoms with Crippen molar-refractivity contribution >= 4 is 29.0 Å². The van der Waals surface area contributed by atoms with Gasteiger partial charge in [-0.1, -0.05) is 5.92 Å². The highest BCUT2D eigenvalue weighted by molar-refractivity contribution is 5.83. The van der Waals surface area contributed by atoms with Crippen LogP contribution in [0, 0.1) is 23.6 Å². The number of aliphatic hydroxyl groups excluding tert-OH is 2. The molecule has 2 aromatic heterocycles. The molecule has 5 N–H and O–H groups in total. The third-order valence-corrected chi connectivity index (χ3v) is 7.63. The number of benzene rings is 1. The molecule has 1 unspecified atom stereocenters. The minimum Gasteiger partial charge on any atom is -0.410 e. The largest absolute Gasteiger partial charge is 0.415 e. The maximum Gasteiger partial charge on any atom is 0.415 e. The lowest BCUT2D eigenvalue weighted by Gasteiger charge is -2.30. The lowest BCUT2D eigenvalue weighted by atomic mass is 9.94. The standard InChI is InChI=1S/C28H30FN7O6/c29-16-4-8-18(9-5-16)41-28(40)35-12-10-15(11-13-35)2-1-3-19-33-24(30)20-25(34-19)36(14-31-20)27-22(38)21(37)23(42-27)26(39)32-17-6-7-17/h4-5,8-9,14-15,17,21-23,27,37-38H,2,6-7,10-13H2,(H,32,39)(H2,30,33,34)/t21-,22?,23+,27-/m1/s1. The number of nitrogen functional groups attached to an aromatic ring is 1. The minimum atomic E-state index is -1.43. The second-order valence-electron chi connectivity index (χ2n) is 10.7. The van der Waals surface area contributed by atoms with Gasteiger partial charge in [-0.2, -0.15) is 0 Å². The van der Waals surface area contributed by atoms with Gasteiger partial charge in [0.15, 0.2) is 23.8 Å². The molecule has 13 nitrogen and oxygen atoms in total. The number of likely N-dealkylation sites (tertiary alicyclic amines) is 1. The number of anilines is 1. The molecule has 1 saturated carbocycles. The Kier molecular flexibility index (Phi) is 7.63. The maximum absolute atomic E-state index is 13.1. The first-order chi connectivity index (χ1) is 20.3. The molecule has 0 spiro atoms. The monoisotopic (exact) mass is 579 g/mol. The number of imidazole rings is 1. The molecule has 0 bridgehead atoms.